The molecule has 6 rings (SSSR count). The topological polar surface area (TPSA) is 29.1 Å². The smallest absolute Gasteiger partial charge is 0.228 e. The predicted octanol–water partition coefficient (Wildman–Crippen LogP) is 5.79. The summed E-state index contributed by atoms with van der Waals surface area (Å²) in [6, 6.07) is 23.5. The Morgan fingerprint density at radius 3 is 1.86 bits per heavy atom. The monoisotopic (exact) mass is 367 g/mol. The maximum Gasteiger partial charge on any atom is 0.228 e. The second-order valence-electron chi connectivity index (χ2n) is 8.33. The van der Waals surface area contributed by atoms with Gasteiger partial charge in [-0.3, -0.25) is 4.79 Å². The Bertz CT molecular complexity index is 1040. The third-order valence-corrected chi connectivity index (χ3v) is 6.95. The Balaban J connectivity index is 1.60. The fourth-order valence-electron chi connectivity index (χ4n) is 5.45. The van der Waals surface area contributed by atoms with E-state index in [1.54, 1.807) is 0 Å². The van der Waals surface area contributed by atoms with Crippen LogP contribution in [0.4, 0.5) is 5.69 Å². The molecule has 2 nitrogen and oxygen atoms in total. The maximum absolute atomic E-state index is 13.5. The van der Waals surface area contributed by atoms with Crippen molar-refractivity contribution in [2.24, 2.45) is 11.8 Å². The Kier molecular flexibility index (Phi) is 3.90. The van der Waals surface area contributed by atoms with Gasteiger partial charge in [0.15, 0.2) is 0 Å². The van der Waals surface area contributed by atoms with E-state index in [9.17, 15) is 4.79 Å². The maximum atomic E-state index is 13.5. The standard InChI is InChI=1S/C26H25NO/c1-15-9-8-14-22(16(15)2)27-26(28)24-17(3)23-18-10-4-6-12-20(18)25(24)21-13-7-5-11-19(21)23/h4-14,17,23-25H,1-3H3,(H,27,28)/t17-,23?,24+,25?/m1/s1. The highest BCUT2D eigenvalue weighted by atomic mass is 16.1. The molecule has 2 atom stereocenters. The van der Waals surface area contributed by atoms with E-state index in [0.29, 0.717) is 0 Å². The molecule has 0 aromatic heterocycles. The van der Waals surface area contributed by atoms with Crippen molar-refractivity contribution in [3.63, 3.8) is 0 Å². The summed E-state index contributed by atoms with van der Waals surface area (Å²) < 4.78 is 0. The SMILES string of the molecule is Cc1cccc(NC(=O)[C@@H]2C3c4ccccc4C(c4ccccc43)[C@H]2C)c1C. The van der Waals surface area contributed by atoms with Crippen LogP contribution in [0.15, 0.2) is 66.7 Å². The molecule has 0 heterocycles. The van der Waals surface area contributed by atoms with E-state index in [0.717, 1.165) is 11.3 Å². The molecule has 0 radical (unpaired) electrons. The van der Waals surface area contributed by atoms with E-state index in [2.05, 4.69) is 80.7 Å². The molecule has 28 heavy (non-hydrogen) atoms. The number of fused-ring (bicyclic) bond motifs is 1. The second kappa shape index (κ2) is 6.34. The third-order valence-electron chi connectivity index (χ3n) is 6.95. The van der Waals surface area contributed by atoms with Gasteiger partial charge in [0.25, 0.3) is 0 Å². The second-order valence-corrected chi connectivity index (χ2v) is 8.33. The number of rotatable bonds is 2. The van der Waals surface area contributed by atoms with E-state index >= 15 is 0 Å². The van der Waals surface area contributed by atoms with E-state index in [4.69, 9.17) is 0 Å². The summed E-state index contributed by atoms with van der Waals surface area (Å²) >= 11 is 0. The highest BCUT2D eigenvalue weighted by Gasteiger charge is 2.50. The lowest BCUT2D eigenvalue weighted by atomic mass is 9.54. The molecule has 3 aliphatic rings. The van der Waals surface area contributed by atoms with E-state index in [-0.39, 0.29) is 29.6 Å². The molecule has 0 saturated heterocycles. The summed E-state index contributed by atoms with van der Waals surface area (Å²) in [6.07, 6.45) is 0. The summed E-state index contributed by atoms with van der Waals surface area (Å²) in [4.78, 5) is 13.5. The largest absolute Gasteiger partial charge is 0.326 e. The summed E-state index contributed by atoms with van der Waals surface area (Å²) in [7, 11) is 0. The molecule has 2 bridgehead atoms. The molecule has 0 saturated carbocycles. The Morgan fingerprint density at radius 2 is 1.29 bits per heavy atom. The predicted molar refractivity (Wildman–Crippen MR) is 114 cm³/mol. The van der Waals surface area contributed by atoms with Crippen LogP contribution in [0.1, 0.15) is 52.1 Å². The number of benzene rings is 3. The van der Waals surface area contributed by atoms with Gasteiger partial charge in [-0.25, -0.2) is 0 Å². The first kappa shape index (κ1) is 17.2. The molecule has 1 N–H and O–H groups in total. The number of nitrogens with one attached hydrogen (secondary N) is 1. The highest BCUT2D eigenvalue weighted by molar-refractivity contribution is 5.95. The van der Waals surface area contributed by atoms with Crippen molar-refractivity contribution in [2.45, 2.75) is 32.6 Å². The molecular formula is C26H25NO. The molecule has 0 spiro atoms. The molecule has 3 aliphatic carbocycles. The normalized spacial score (nSPS) is 24.4. The zero-order valence-electron chi connectivity index (χ0n) is 16.6. The molecule has 3 aromatic carbocycles. The highest BCUT2D eigenvalue weighted by Crippen LogP contribution is 2.58. The quantitative estimate of drug-likeness (QED) is 0.611. The fraction of sp³-hybridized carbons (Fsp3) is 0.269. The number of amides is 1. The summed E-state index contributed by atoms with van der Waals surface area (Å²) in [5.41, 5.74) is 8.72. The first-order valence-corrected chi connectivity index (χ1v) is 10.1. The minimum Gasteiger partial charge on any atom is -0.326 e. The lowest BCUT2D eigenvalue weighted by Gasteiger charge is -2.49. The van der Waals surface area contributed by atoms with Gasteiger partial charge in [0, 0.05) is 17.5 Å². The number of carbonyl (C=O) groups excluding carboxylic acids is 1. The lowest BCUT2D eigenvalue weighted by Crippen LogP contribution is -2.44. The number of hydrogen-bond donors (Lipinski definition) is 1. The zero-order valence-corrected chi connectivity index (χ0v) is 16.6. The van der Waals surface area contributed by atoms with Crippen LogP contribution < -0.4 is 5.32 Å². The van der Waals surface area contributed by atoms with Gasteiger partial charge in [-0.1, -0.05) is 67.6 Å². The third kappa shape index (κ3) is 2.37. The van der Waals surface area contributed by atoms with Crippen LogP contribution in [0.3, 0.4) is 0 Å². The van der Waals surface area contributed by atoms with Crippen LogP contribution in [-0.2, 0) is 4.79 Å². The van der Waals surface area contributed by atoms with Gasteiger partial charge in [0.1, 0.15) is 0 Å². The Hall–Kier alpha value is -2.87. The van der Waals surface area contributed by atoms with Crippen molar-refractivity contribution in [1.82, 2.24) is 0 Å². The molecule has 0 unspecified atom stereocenters. The van der Waals surface area contributed by atoms with Crippen molar-refractivity contribution in [3.05, 3.63) is 100 Å². The van der Waals surface area contributed by atoms with Crippen LogP contribution in [0.2, 0.25) is 0 Å². The number of aryl methyl sites for hydroxylation is 1. The molecule has 0 aliphatic heterocycles. The summed E-state index contributed by atoms with van der Waals surface area (Å²) in [5.74, 6) is 0.749. The number of hydrogen-bond acceptors (Lipinski definition) is 1. The van der Waals surface area contributed by atoms with Crippen LogP contribution in [0.25, 0.3) is 0 Å². The van der Waals surface area contributed by atoms with Crippen LogP contribution in [-0.4, -0.2) is 5.91 Å². The molecule has 0 fully saturated rings. The van der Waals surface area contributed by atoms with E-state index in [1.807, 2.05) is 12.1 Å². The van der Waals surface area contributed by atoms with E-state index in [1.165, 1.54) is 27.8 Å². The van der Waals surface area contributed by atoms with Crippen molar-refractivity contribution in [3.8, 4) is 0 Å². The van der Waals surface area contributed by atoms with E-state index < -0.39 is 0 Å². The fourth-order valence-corrected chi connectivity index (χ4v) is 5.45. The first-order valence-electron chi connectivity index (χ1n) is 10.1. The van der Waals surface area contributed by atoms with Gasteiger partial charge < -0.3 is 5.32 Å². The first-order chi connectivity index (χ1) is 13.6. The van der Waals surface area contributed by atoms with Gasteiger partial charge in [0.05, 0.1) is 5.92 Å². The van der Waals surface area contributed by atoms with Crippen molar-refractivity contribution >= 4 is 11.6 Å². The van der Waals surface area contributed by atoms with Gasteiger partial charge in [-0.2, -0.15) is 0 Å². The van der Waals surface area contributed by atoms with Gasteiger partial charge in [-0.15, -0.1) is 0 Å². The summed E-state index contributed by atoms with van der Waals surface area (Å²) in [6.45, 7) is 6.41. The van der Waals surface area contributed by atoms with Gasteiger partial charge in [-0.05, 0) is 59.2 Å². The lowest BCUT2D eigenvalue weighted by molar-refractivity contribution is -0.122. The van der Waals surface area contributed by atoms with Crippen LogP contribution in [0, 0.1) is 25.7 Å². The molecular weight excluding hydrogens is 342 g/mol. The molecule has 3 aromatic rings. The van der Waals surface area contributed by atoms with Crippen LogP contribution >= 0.6 is 0 Å². The Morgan fingerprint density at radius 1 is 0.750 bits per heavy atom. The minimum atomic E-state index is -0.0605. The van der Waals surface area contributed by atoms with Crippen molar-refractivity contribution in [2.75, 3.05) is 5.32 Å². The van der Waals surface area contributed by atoms with Gasteiger partial charge in [0.2, 0.25) is 5.91 Å². The molecule has 2 heteroatoms. The number of anilines is 1. The van der Waals surface area contributed by atoms with Crippen molar-refractivity contribution in [1.29, 1.82) is 0 Å². The minimum absolute atomic E-state index is 0.0605. The Labute approximate surface area is 166 Å². The number of carbonyl (C=O) groups is 1. The molecule has 1 amide bonds. The average molecular weight is 367 g/mol. The molecule has 140 valence electrons. The zero-order chi connectivity index (χ0) is 19.4. The average Bonchev–Trinajstić information content (AvgIpc) is 2.71. The van der Waals surface area contributed by atoms with Gasteiger partial charge >= 0.3 is 0 Å². The van der Waals surface area contributed by atoms with Crippen LogP contribution in [0.5, 0.6) is 0 Å². The van der Waals surface area contributed by atoms with Crippen molar-refractivity contribution < 1.29 is 4.79 Å². The summed E-state index contributed by atoms with van der Waals surface area (Å²) in [5, 5.41) is 3.26.